The molecule has 0 aromatic heterocycles. The van der Waals surface area contributed by atoms with Crippen molar-refractivity contribution in [2.24, 2.45) is 11.8 Å². The van der Waals surface area contributed by atoms with Gasteiger partial charge in [-0.2, -0.15) is 12.6 Å². The average Bonchev–Trinajstić information content (AvgIpc) is 2.91. The first-order valence-corrected chi connectivity index (χ1v) is 15.2. The summed E-state index contributed by atoms with van der Waals surface area (Å²) in [5, 5.41) is 19.5. The Labute approximate surface area is 261 Å². The molecule has 0 saturated carbocycles. The molecule has 4 amide bonds. The maximum absolute atomic E-state index is 13.2. The van der Waals surface area contributed by atoms with Gasteiger partial charge in [0.1, 0.15) is 23.9 Å². The maximum atomic E-state index is 13.2. The summed E-state index contributed by atoms with van der Waals surface area (Å²) >= 11 is 7.65. The van der Waals surface area contributed by atoms with E-state index in [1.807, 2.05) is 45.9 Å². The first-order chi connectivity index (χ1) is 19.8. The van der Waals surface area contributed by atoms with Crippen LogP contribution in [0.3, 0.4) is 0 Å². The molecule has 0 fully saturated rings. The minimum atomic E-state index is -1.25. The van der Waals surface area contributed by atoms with Gasteiger partial charge < -0.3 is 35.8 Å². The molecule has 236 valence electrons. The quantitative estimate of drug-likeness (QED) is 0.129. The summed E-state index contributed by atoms with van der Waals surface area (Å²) in [5.74, 6) is -2.19. The van der Waals surface area contributed by atoms with Gasteiger partial charge in [-0.3, -0.25) is 19.2 Å². The number of amides is 4. The first-order valence-electron chi connectivity index (χ1n) is 13.7. The summed E-state index contributed by atoms with van der Waals surface area (Å²) in [6.07, 6.45) is -0.695. The van der Waals surface area contributed by atoms with Crippen LogP contribution < -0.4 is 26.0 Å². The van der Waals surface area contributed by atoms with E-state index in [-0.39, 0.29) is 43.5 Å². The number of alkyl carbamates (subject to hydrolysis) is 1. The zero-order valence-electron chi connectivity index (χ0n) is 24.7. The lowest BCUT2D eigenvalue weighted by Gasteiger charge is -2.25. The van der Waals surface area contributed by atoms with Gasteiger partial charge in [0.15, 0.2) is 0 Å². The second kappa shape index (κ2) is 19.2. The number of carbonyl (C=O) groups is 5. The molecule has 14 heteroatoms. The molecule has 3 atom stereocenters. The highest BCUT2D eigenvalue weighted by Gasteiger charge is 2.30. The summed E-state index contributed by atoms with van der Waals surface area (Å²) in [4.78, 5) is 62.4. The van der Waals surface area contributed by atoms with Crippen LogP contribution in [-0.4, -0.2) is 79.0 Å². The molecule has 1 aromatic rings. The average molecular weight is 676 g/mol. The number of rotatable bonds is 18. The van der Waals surface area contributed by atoms with E-state index in [2.05, 4.69) is 49.8 Å². The van der Waals surface area contributed by atoms with Gasteiger partial charge in [0.2, 0.25) is 17.7 Å². The molecule has 0 aliphatic carbocycles. The lowest BCUT2D eigenvalue weighted by Crippen LogP contribution is -2.57. The van der Waals surface area contributed by atoms with Crippen LogP contribution in [0.2, 0.25) is 0 Å². The van der Waals surface area contributed by atoms with E-state index in [0.29, 0.717) is 18.7 Å². The van der Waals surface area contributed by atoms with Crippen molar-refractivity contribution in [3.05, 3.63) is 28.2 Å². The third-order valence-electron chi connectivity index (χ3n) is 5.89. The molecular weight excluding hydrogens is 632 g/mol. The number of ether oxygens (including phenoxy) is 2. The summed E-state index contributed by atoms with van der Waals surface area (Å²) < 4.78 is 11.1. The van der Waals surface area contributed by atoms with Crippen LogP contribution in [0.1, 0.15) is 52.5 Å². The van der Waals surface area contributed by atoms with Gasteiger partial charge in [0, 0.05) is 18.7 Å². The largest absolute Gasteiger partial charge is 0.496 e. The fourth-order valence-electron chi connectivity index (χ4n) is 3.72. The van der Waals surface area contributed by atoms with Crippen molar-refractivity contribution in [1.82, 2.24) is 21.3 Å². The third kappa shape index (κ3) is 14.3. The zero-order valence-corrected chi connectivity index (χ0v) is 27.2. The molecular formula is C28H43BrN4O8S. The van der Waals surface area contributed by atoms with Gasteiger partial charge in [-0.15, -0.1) is 0 Å². The Bertz CT molecular complexity index is 1070. The number of benzene rings is 1. The first kappa shape index (κ1) is 37.0. The molecule has 0 saturated heterocycles. The molecule has 5 N–H and O–H groups in total. The molecule has 12 nitrogen and oxygen atoms in total. The predicted molar refractivity (Wildman–Crippen MR) is 165 cm³/mol. The Kier molecular flexibility index (Phi) is 17.0. The number of carboxylic acids is 1. The van der Waals surface area contributed by atoms with E-state index in [9.17, 15) is 24.0 Å². The molecule has 0 heterocycles. The van der Waals surface area contributed by atoms with E-state index in [4.69, 9.17) is 14.6 Å². The van der Waals surface area contributed by atoms with E-state index < -0.39 is 47.9 Å². The molecule has 0 aliphatic rings. The van der Waals surface area contributed by atoms with Crippen LogP contribution in [-0.2, 0) is 30.3 Å². The Morgan fingerprint density at radius 3 is 2.12 bits per heavy atom. The Hall–Kier alpha value is -3.00. The normalized spacial score (nSPS) is 13.1. The molecule has 42 heavy (non-hydrogen) atoms. The highest BCUT2D eigenvalue weighted by molar-refractivity contribution is 9.10. The number of methoxy groups -OCH3 is 1. The molecule has 0 aliphatic heterocycles. The standard InChI is InChI=1S/C28H43BrN4O8S/c1-16(2)12-21(31-26(37)20(7-9-24(34)35)33-28(39)41-14-17(3)4)27(38)32-22(15-42)25(36)30-11-10-18-6-8-23(40-5)19(29)13-18/h6,8,13,16-17,20-22,42H,7,9-12,14-15H2,1-5H3,(H,30,36)(H,31,37)(H,32,38)(H,33,39)(H,34,35)/t20-,21-,22-/m0/s1. The van der Waals surface area contributed by atoms with Crippen molar-refractivity contribution < 1.29 is 38.6 Å². The monoisotopic (exact) mass is 674 g/mol. The number of hydrogen-bond acceptors (Lipinski definition) is 8. The minimum Gasteiger partial charge on any atom is -0.496 e. The Morgan fingerprint density at radius 1 is 0.929 bits per heavy atom. The van der Waals surface area contributed by atoms with Gasteiger partial charge in [-0.05, 0) is 64.7 Å². The lowest BCUT2D eigenvalue weighted by molar-refractivity contribution is -0.137. The lowest BCUT2D eigenvalue weighted by atomic mass is 10.0. The number of carbonyl (C=O) groups excluding carboxylic acids is 4. The second-order valence-corrected chi connectivity index (χ2v) is 11.8. The number of nitrogens with one attached hydrogen (secondary N) is 4. The smallest absolute Gasteiger partial charge is 0.407 e. The summed E-state index contributed by atoms with van der Waals surface area (Å²) in [7, 11) is 1.57. The van der Waals surface area contributed by atoms with Gasteiger partial charge in [-0.25, -0.2) is 4.79 Å². The van der Waals surface area contributed by atoms with Crippen LogP contribution in [0.4, 0.5) is 4.79 Å². The van der Waals surface area contributed by atoms with E-state index in [1.165, 1.54) is 0 Å². The Balaban J connectivity index is 2.86. The van der Waals surface area contributed by atoms with Gasteiger partial charge in [0.25, 0.3) is 0 Å². The van der Waals surface area contributed by atoms with Crippen LogP contribution in [0.5, 0.6) is 5.75 Å². The topological polar surface area (TPSA) is 172 Å². The minimum absolute atomic E-state index is 0.0124. The predicted octanol–water partition coefficient (Wildman–Crippen LogP) is 2.68. The zero-order chi connectivity index (χ0) is 31.8. The van der Waals surface area contributed by atoms with E-state index in [0.717, 1.165) is 10.0 Å². The number of carboxylic acid groups (broad SMARTS) is 1. The highest BCUT2D eigenvalue weighted by Crippen LogP contribution is 2.25. The van der Waals surface area contributed by atoms with Crippen molar-refractivity contribution in [3.63, 3.8) is 0 Å². The van der Waals surface area contributed by atoms with Crippen molar-refractivity contribution in [2.75, 3.05) is 26.0 Å². The molecule has 0 unspecified atom stereocenters. The number of hydrogen-bond donors (Lipinski definition) is 6. The molecule has 1 rings (SSSR count). The summed E-state index contributed by atoms with van der Waals surface area (Å²) in [6.45, 7) is 7.83. The molecule has 0 spiro atoms. The van der Waals surface area contributed by atoms with Crippen molar-refractivity contribution in [3.8, 4) is 5.75 Å². The van der Waals surface area contributed by atoms with Crippen molar-refractivity contribution in [2.45, 2.75) is 71.5 Å². The number of halogens is 1. The number of aliphatic carboxylic acids is 1. The van der Waals surface area contributed by atoms with Crippen molar-refractivity contribution >= 4 is 58.3 Å². The molecule has 0 radical (unpaired) electrons. The summed E-state index contributed by atoms with van der Waals surface area (Å²) in [5.41, 5.74) is 0.966. The van der Waals surface area contributed by atoms with Crippen LogP contribution in [0, 0.1) is 11.8 Å². The van der Waals surface area contributed by atoms with Crippen LogP contribution >= 0.6 is 28.6 Å². The Morgan fingerprint density at radius 2 is 1.57 bits per heavy atom. The maximum Gasteiger partial charge on any atom is 0.407 e. The molecule has 1 aromatic carbocycles. The highest BCUT2D eigenvalue weighted by atomic mass is 79.9. The third-order valence-corrected chi connectivity index (χ3v) is 6.87. The van der Waals surface area contributed by atoms with Gasteiger partial charge in [0.05, 0.1) is 18.2 Å². The second-order valence-electron chi connectivity index (χ2n) is 10.6. The van der Waals surface area contributed by atoms with Crippen molar-refractivity contribution in [1.29, 1.82) is 0 Å². The van der Waals surface area contributed by atoms with Crippen LogP contribution in [0.15, 0.2) is 22.7 Å². The SMILES string of the molecule is COc1ccc(CCNC(=O)[C@H](CS)NC(=O)[C@H](CC(C)C)NC(=O)[C@H](CCC(=O)O)NC(=O)OCC(C)C)cc1Br. The van der Waals surface area contributed by atoms with Gasteiger partial charge >= 0.3 is 12.1 Å². The number of thiol groups is 1. The summed E-state index contributed by atoms with van der Waals surface area (Å²) in [6, 6.07) is 2.33. The van der Waals surface area contributed by atoms with E-state index >= 15 is 0 Å². The van der Waals surface area contributed by atoms with Gasteiger partial charge in [-0.1, -0.05) is 33.8 Å². The van der Waals surface area contributed by atoms with E-state index in [1.54, 1.807) is 7.11 Å². The van der Waals surface area contributed by atoms with Crippen LogP contribution in [0.25, 0.3) is 0 Å². The molecule has 0 bridgehead atoms. The fourth-order valence-corrected chi connectivity index (χ4v) is 4.57. The fraction of sp³-hybridized carbons (Fsp3) is 0.607.